The summed E-state index contributed by atoms with van der Waals surface area (Å²) in [5, 5.41) is 9.11. The van der Waals surface area contributed by atoms with Gasteiger partial charge in [-0.3, -0.25) is 0 Å². The molecule has 1 heterocycles. The van der Waals surface area contributed by atoms with Crippen LogP contribution < -0.4 is 9.47 Å². The molecule has 0 fully saturated rings. The van der Waals surface area contributed by atoms with E-state index in [9.17, 15) is 9.18 Å². The number of pyridine rings is 1. The molecular weight excluding hydrogens is 265 g/mol. The summed E-state index contributed by atoms with van der Waals surface area (Å²) in [5.41, 5.74) is 1.07. The monoisotopic (exact) mass is 277 g/mol. The summed E-state index contributed by atoms with van der Waals surface area (Å²) in [6, 6.07) is 5.66. The molecule has 2 rings (SSSR count). The van der Waals surface area contributed by atoms with Crippen LogP contribution in [-0.2, 0) is 0 Å². The number of halogens is 1. The summed E-state index contributed by atoms with van der Waals surface area (Å²) in [4.78, 5) is 15.1. The Bertz CT molecular complexity index is 658. The van der Waals surface area contributed by atoms with Gasteiger partial charge in [-0.15, -0.1) is 0 Å². The number of carboxylic acids is 1. The Labute approximate surface area is 114 Å². The number of methoxy groups -OCH3 is 2. The van der Waals surface area contributed by atoms with E-state index in [4.69, 9.17) is 14.6 Å². The average molecular weight is 277 g/mol. The number of carbonyl (C=O) groups is 1. The van der Waals surface area contributed by atoms with Gasteiger partial charge in [-0.1, -0.05) is 6.07 Å². The van der Waals surface area contributed by atoms with Crippen LogP contribution in [0.25, 0.3) is 11.1 Å². The summed E-state index contributed by atoms with van der Waals surface area (Å²) in [7, 11) is 2.70. The maximum Gasteiger partial charge on any atom is 0.341 e. The number of carboxylic acid groups (broad SMARTS) is 1. The Kier molecular flexibility index (Phi) is 3.84. The topological polar surface area (TPSA) is 68.7 Å². The molecule has 0 unspecified atom stereocenters. The van der Waals surface area contributed by atoms with E-state index in [1.165, 1.54) is 44.7 Å². The molecule has 0 bridgehead atoms. The highest BCUT2D eigenvalue weighted by atomic mass is 19.1. The van der Waals surface area contributed by atoms with Crippen molar-refractivity contribution in [2.75, 3.05) is 14.2 Å². The van der Waals surface area contributed by atoms with Gasteiger partial charge in [0.1, 0.15) is 5.56 Å². The Morgan fingerprint density at radius 1 is 1.20 bits per heavy atom. The molecular formula is C14H12FNO4. The van der Waals surface area contributed by atoms with Crippen molar-refractivity contribution in [3.8, 4) is 22.8 Å². The van der Waals surface area contributed by atoms with Gasteiger partial charge in [0.2, 0.25) is 5.88 Å². The van der Waals surface area contributed by atoms with Gasteiger partial charge >= 0.3 is 5.97 Å². The van der Waals surface area contributed by atoms with Crippen LogP contribution in [0.1, 0.15) is 10.4 Å². The molecule has 0 aliphatic carbocycles. The molecule has 20 heavy (non-hydrogen) atoms. The Morgan fingerprint density at radius 3 is 2.55 bits per heavy atom. The Morgan fingerprint density at radius 2 is 1.95 bits per heavy atom. The second-order valence-electron chi connectivity index (χ2n) is 3.94. The zero-order chi connectivity index (χ0) is 14.7. The largest absolute Gasteiger partial charge is 0.494 e. The van der Waals surface area contributed by atoms with Crippen molar-refractivity contribution in [2.24, 2.45) is 0 Å². The molecule has 0 saturated heterocycles. The third-order valence-corrected chi connectivity index (χ3v) is 2.76. The predicted octanol–water partition coefficient (Wildman–Crippen LogP) is 2.60. The molecule has 0 aliphatic heterocycles. The van der Waals surface area contributed by atoms with E-state index in [2.05, 4.69) is 4.98 Å². The maximum atomic E-state index is 13.4. The fourth-order valence-corrected chi connectivity index (χ4v) is 1.77. The van der Waals surface area contributed by atoms with Crippen LogP contribution in [0, 0.1) is 5.82 Å². The van der Waals surface area contributed by atoms with Gasteiger partial charge in [0.25, 0.3) is 0 Å². The van der Waals surface area contributed by atoms with E-state index in [0.29, 0.717) is 11.1 Å². The van der Waals surface area contributed by atoms with E-state index >= 15 is 0 Å². The second-order valence-corrected chi connectivity index (χ2v) is 3.94. The third kappa shape index (κ3) is 2.54. The lowest BCUT2D eigenvalue weighted by Crippen LogP contribution is -2.02. The molecule has 1 aromatic heterocycles. The molecule has 104 valence electrons. The van der Waals surface area contributed by atoms with Gasteiger partial charge < -0.3 is 14.6 Å². The zero-order valence-corrected chi connectivity index (χ0v) is 10.9. The Balaban J connectivity index is 2.53. The van der Waals surface area contributed by atoms with Crippen LogP contribution in [0.3, 0.4) is 0 Å². The van der Waals surface area contributed by atoms with E-state index in [1.54, 1.807) is 0 Å². The van der Waals surface area contributed by atoms with Crippen molar-refractivity contribution in [1.82, 2.24) is 4.98 Å². The number of nitrogens with zero attached hydrogens (tertiary/aromatic N) is 1. The van der Waals surface area contributed by atoms with E-state index in [0.717, 1.165) is 0 Å². The fraction of sp³-hybridized carbons (Fsp3) is 0.143. The number of benzene rings is 1. The van der Waals surface area contributed by atoms with Crippen molar-refractivity contribution >= 4 is 5.97 Å². The molecule has 0 aliphatic rings. The molecule has 5 nitrogen and oxygen atoms in total. The maximum absolute atomic E-state index is 13.4. The molecule has 1 aromatic carbocycles. The molecule has 0 atom stereocenters. The molecule has 1 N–H and O–H groups in total. The van der Waals surface area contributed by atoms with Crippen LogP contribution >= 0.6 is 0 Å². The van der Waals surface area contributed by atoms with Crippen molar-refractivity contribution < 1.29 is 23.8 Å². The SMILES string of the molecule is COc1cc(-c2cnc(OC)c(C(=O)O)c2)ccc1F. The summed E-state index contributed by atoms with van der Waals surface area (Å²) < 4.78 is 23.1. The minimum Gasteiger partial charge on any atom is -0.494 e. The van der Waals surface area contributed by atoms with Crippen LogP contribution in [-0.4, -0.2) is 30.3 Å². The normalized spacial score (nSPS) is 10.2. The molecule has 6 heteroatoms. The smallest absolute Gasteiger partial charge is 0.341 e. The summed E-state index contributed by atoms with van der Waals surface area (Å²) >= 11 is 0. The van der Waals surface area contributed by atoms with Gasteiger partial charge in [-0.05, 0) is 23.8 Å². The van der Waals surface area contributed by atoms with Gasteiger partial charge in [-0.25, -0.2) is 14.2 Å². The second kappa shape index (κ2) is 5.56. The first-order valence-electron chi connectivity index (χ1n) is 5.68. The van der Waals surface area contributed by atoms with Gasteiger partial charge in [0.15, 0.2) is 11.6 Å². The minimum absolute atomic E-state index is 0.0235. The first kappa shape index (κ1) is 13.8. The van der Waals surface area contributed by atoms with Crippen LogP contribution in [0.15, 0.2) is 30.5 Å². The van der Waals surface area contributed by atoms with Gasteiger partial charge in [0.05, 0.1) is 14.2 Å². The molecule has 0 saturated carbocycles. The van der Waals surface area contributed by atoms with Gasteiger partial charge in [0, 0.05) is 11.8 Å². The molecule has 2 aromatic rings. The number of aromatic carboxylic acids is 1. The molecule has 0 radical (unpaired) electrons. The van der Waals surface area contributed by atoms with Crippen molar-refractivity contribution in [2.45, 2.75) is 0 Å². The third-order valence-electron chi connectivity index (χ3n) is 2.76. The highest BCUT2D eigenvalue weighted by Crippen LogP contribution is 2.28. The quantitative estimate of drug-likeness (QED) is 0.930. The summed E-state index contributed by atoms with van der Waals surface area (Å²) in [6.07, 6.45) is 1.46. The van der Waals surface area contributed by atoms with Gasteiger partial charge in [-0.2, -0.15) is 0 Å². The van der Waals surface area contributed by atoms with E-state index in [1.807, 2.05) is 0 Å². The predicted molar refractivity (Wildman–Crippen MR) is 69.7 cm³/mol. The Hall–Kier alpha value is -2.63. The first-order valence-corrected chi connectivity index (χ1v) is 5.68. The molecule has 0 spiro atoms. The van der Waals surface area contributed by atoms with E-state index < -0.39 is 11.8 Å². The molecule has 0 amide bonds. The average Bonchev–Trinajstić information content (AvgIpc) is 2.47. The minimum atomic E-state index is -1.15. The fourth-order valence-electron chi connectivity index (χ4n) is 1.77. The number of aromatic nitrogens is 1. The number of rotatable bonds is 4. The summed E-state index contributed by atoms with van der Waals surface area (Å²) in [6.45, 7) is 0. The number of hydrogen-bond donors (Lipinski definition) is 1. The van der Waals surface area contributed by atoms with Crippen molar-refractivity contribution in [1.29, 1.82) is 0 Å². The first-order chi connectivity index (χ1) is 9.56. The number of ether oxygens (including phenoxy) is 2. The van der Waals surface area contributed by atoms with E-state index in [-0.39, 0.29) is 17.2 Å². The number of hydrogen-bond acceptors (Lipinski definition) is 4. The lowest BCUT2D eigenvalue weighted by molar-refractivity contribution is 0.0692. The highest BCUT2D eigenvalue weighted by Gasteiger charge is 2.14. The van der Waals surface area contributed by atoms with Crippen LogP contribution in [0.2, 0.25) is 0 Å². The standard InChI is InChI=1S/C14H12FNO4/c1-19-12-6-8(3-4-11(12)15)9-5-10(14(17)18)13(20-2)16-7-9/h3-7H,1-2H3,(H,17,18). The lowest BCUT2D eigenvalue weighted by atomic mass is 10.1. The van der Waals surface area contributed by atoms with Crippen molar-refractivity contribution in [3.63, 3.8) is 0 Å². The summed E-state index contributed by atoms with van der Waals surface area (Å²) in [5.74, 6) is -1.54. The zero-order valence-electron chi connectivity index (χ0n) is 10.9. The lowest BCUT2D eigenvalue weighted by Gasteiger charge is -2.08. The highest BCUT2D eigenvalue weighted by molar-refractivity contribution is 5.91. The van der Waals surface area contributed by atoms with Crippen LogP contribution in [0.4, 0.5) is 4.39 Å². The van der Waals surface area contributed by atoms with Crippen LogP contribution in [0.5, 0.6) is 11.6 Å². The van der Waals surface area contributed by atoms with Crippen molar-refractivity contribution in [3.05, 3.63) is 41.8 Å².